The largest absolute Gasteiger partial charge is 0.453 e. The van der Waals surface area contributed by atoms with Crippen LogP contribution in [-0.4, -0.2) is 35.5 Å². The lowest BCUT2D eigenvalue weighted by Crippen LogP contribution is -2.37. The summed E-state index contributed by atoms with van der Waals surface area (Å²) in [6, 6.07) is 6.09. The molecule has 1 aromatic heterocycles. The molecule has 6 nitrogen and oxygen atoms in total. The summed E-state index contributed by atoms with van der Waals surface area (Å²) in [5.74, 6) is -0.603. The van der Waals surface area contributed by atoms with Crippen LogP contribution in [0.5, 0.6) is 0 Å². The van der Waals surface area contributed by atoms with Crippen molar-refractivity contribution < 1.29 is 18.7 Å². The Labute approximate surface area is 144 Å². The van der Waals surface area contributed by atoms with Crippen molar-refractivity contribution in [1.29, 1.82) is 0 Å². The molecule has 0 unspecified atom stereocenters. The molecule has 3 rings (SSSR count). The maximum atomic E-state index is 13.2. The standard InChI is InChI=1S/C18H18FN3O3/c1-25-18(24)22-6-5-15-13(11-22)9-20-10-16(15)17(23)21-8-12-3-2-4-14(19)7-12/h2-4,7,9-10H,5-6,8,11H2,1H3,(H,21,23). The Morgan fingerprint density at radius 2 is 2.20 bits per heavy atom. The molecular formula is C18H18FN3O3. The first-order valence-corrected chi connectivity index (χ1v) is 7.89. The molecule has 0 saturated heterocycles. The zero-order valence-corrected chi connectivity index (χ0v) is 13.8. The number of halogens is 1. The van der Waals surface area contributed by atoms with E-state index < -0.39 is 6.09 Å². The van der Waals surface area contributed by atoms with Gasteiger partial charge in [-0.3, -0.25) is 9.78 Å². The van der Waals surface area contributed by atoms with E-state index in [1.807, 2.05) is 0 Å². The van der Waals surface area contributed by atoms with Crippen LogP contribution in [0.25, 0.3) is 0 Å². The topological polar surface area (TPSA) is 71.5 Å². The molecular weight excluding hydrogens is 325 g/mol. The molecule has 0 fully saturated rings. The lowest BCUT2D eigenvalue weighted by molar-refractivity contribution is 0.0948. The minimum absolute atomic E-state index is 0.231. The molecule has 130 valence electrons. The second kappa shape index (κ2) is 7.29. The zero-order valence-electron chi connectivity index (χ0n) is 13.8. The molecule has 1 N–H and O–H groups in total. The van der Waals surface area contributed by atoms with Crippen LogP contribution in [0.4, 0.5) is 9.18 Å². The maximum Gasteiger partial charge on any atom is 0.409 e. The van der Waals surface area contributed by atoms with Crippen molar-refractivity contribution in [2.45, 2.75) is 19.5 Å². The van der Waals surface area contributed by atoms with Crippen molar-refractivity contribution in [3.8, 4) is 0 Å². The molecule has 0 saturated carbocycles. The molecule has 7 heteroatoms. The third kappa shape index (κ3) is 3.76. The molecule has 2 amide bonds. The minimum atomic E-state index is -0.397. The third-order valence-corrected chi connectivity index (χ3v) is 4.16. The van der Waals surface area contributed by atoms with Gasteiger partial charge in [0.15, 0.2) is 0 Å². The quantitative estimate of drug-likeness (QED) is 0.928. The van der Waals surface area contributed by atoms with Crippen molar-refractivity contribution >= 4 is 12.0 Å². The number of benzene rings is 1. The smallest absolute Gasteiger partial charge is 0.409 e. The maximum absolute atomic E-state index is 13.2. The number of carbonyl (C=O) groups excluding carboxylic acids is 2. The normalized spacial score (nSPS) is 13.1. The molecule has 0 aliphatic carbocycles. The van der Waals surface area contributed by atoms with Crippen LogP contribution in [0, 0.1) is 5.82 Å². The van der Waals surface area contributed by atoms with Gasteiger partial charge in [0.2, 0.25) is 0 Å². The van der Waals surface area contributed by atoms with Gasteiger partial charge in [-0.2, -0.15) is 0 Å². The Morgan fingerprint density at radius 3 is 2.96 bits per heavy atom. The third-order valence-electron chi connectivity index (χ3n) is 4.16. The van der Waals surface area contributed by atoms with E-state index in [0.29, 0.717) is 30.6 Å². The Kier molecular flexibility index (Phi) is 4.92. The van der Waals surface area contributed by atoms with Gasteiger partial charge in [0.1, 0.15) is 5.82 Å². The second-order valence-electron chi connectivity index (χ2n) is 5.78. The van der Waals surface area contributed by atoms with Crippen molar-refractivity contribution in [1.82, 2.24) is 15.2 Å². The van der Waals surface area contributed by atoms with E-state index in [-0.39, 0.29) is 18.3 Å². The average Bonchev–Trinajstić information content (AvgIpc) is 2.64. The Bertz CT molecular complexity index is 810. The minimum Gasteiger partial charge on any atom is -0.453 e. The van der Waals surface area contributed by atoms with Crippen LogP contribution in [0.15, 0.2) is 36.7 Å². The van der Waals surface area contributed by atoms with Crippen molar-refractivity contribution in [3.05, 3.63) is 64.7 Å². The van der Waals surface area contributed by atoms with Gasteiger partial charge < -0.3 is 15.0 Å². The molecule has 2 heterocycles. The van der Waals surface area contributed by atoms with Crippen LogP contribution in [0.3, 0.4) is 0 Å². The number of hydrogen-bond donors (Lipinski definition) is 1. The van der Waals surface area contributed by atoms with Gasteiger partial charge in [0.25, 0.3) is 5.91 Å². The van der Waals surface area contributed by atoms with E-state index in [2.05, 4.69) is 10.3 Å². The molecule has 0 spiro atoms. The van der Waals surface area contributed by atoms with E-state index in [4.69, 9.17) is 4.74 Å². The summed E-state index contributed by atoms with van der Waals surface area (Å²) in [6.45, 7) is 1.07. The molecule has 1 aliphatic heterocycles. The Morgan fingerprint density at radius 1 is 1.36 bits per heavy atom. The first-order chi connectivity index (χ1) is 12.1. The van der Waals surface area contributed by atoms with Gasteiger partial charge in [0, 0.05) is 25.5 Å². The number of methoxy groups -OCH3 is 1. The number of aromatic nitrogens is 1. The van der Waals surface area contributed by atoms with Gasteiger partial charge >= 0.3 is 6.09 Å². The van der Waals surface area contributed by atoms with Gasteiger partial charge in [-0.15, -0.1) is 0 Å². The van der Waals surface area contributed by atoms with E-state index in [1.165, 1.54) is 25.4 Å². The number of hydrogen-bond acceptors (Lipinski definition) is 4. The molecule has 0 atom stereocenters. The first kappa shape index (κ1) is 16.9. The summed E-state index contributed by atoms with van der Waals surface area (Å²) in [6.07, 6.45) is 3.34. The number of nitrogens with one attached hydrogen (secondary N) is 1. The molecule has 0 radical (unpaired) electrons. The number of pyridine rings is 1. The van der Waals surface area contributed by atoms with Crippen molar-refractivity contribution in [3.63, 3.8) is 0 Å². The zero-order chi connectivity index (χ0) is 17.8. The predicted octanol–water partition coefficient (Wildman–Crippen LogP) is 2.28. The summed E-state index contributed by atoms with van der Waals surface area (Å²) in [5, 5.41) is 2.79. The van der Waals surface area contributed by atoms with Gasteiger partial charge in [0.05, 0.1) is 19.2 Å². The molecule has 2 aromatic rings. The number of rotatable bonds is 3. The van der Waals surface area contributed by atoms with E-state index in [1.54, 1.807) is 23.2 Å². The van der Waals surface area contributed by atoms with E-state index >= 15 is 0 Å². The molecule has 0 bridgehead atoms. The van der Waals surface area contributed by atoms with E-state index in [9.17, 15) is 14.0 Å². The number of ether oxygens (including phenoxy) is 1. The Hall–Kier alpha value is -2.96. The summed E-state index contributed by atoms with van der Waals surface area (Å²) in [7, 11) is 1.34. The summed E-state index contributed by atoms with van der Waals surface area (Å²) < 4.78 is 17.9. The highest BCUT2D eigenvalue weighted by Gasteiger charge is 2.25. The number of carbonyl (C=O) groups is 2. The first-order valence-electron chi connectivity index (χ1n) is 7.89. The van der Waals surface area contributed by atoms with Crippen molar-refractivity contribution in [2.24, 2.45) is 0 Å². The SMILES string of the molecule is COC(=O)N1CCc2c(cncc2C(=O)NCc2cccc(F)c2)C1. The van der Waals surface area contributed by atoms with Gasteiger partial charge in [-0.1, -0.05) is 12.1 Å². The number of nitrogens with zero attached hydrogens (tertiary/aromatic N) is 2. The summed E-state index contributed by atoms with van der Waals surface area (Å²) in [4.78, 5) is 29.8. The lowest BCUT2D eigenvalue weighted by atomic mass is 9.97. The number of fused-ring (bicyclic) bond motifs is 1. The van der Waals surface area contributed by atoms with Crippen LogP contribution < -0.4 is 5.32 Å². The van der Waals surface area contributed by atoms with Gasteiger partial charge in [-0.25, -0.2) is 9.18 Å². The highest BCUT2D eigenvalue weighted by Crippen LogP contribution is 2.22. The van der Waals surface area contributed by atoms with Gasteiger partial charge in [-0.05, 0) is 35.2 Å². The predicted molar refractivity (Wildman–Crippen MR) is 88.3 cm³/mol. The van der Waals surface area contributed by atoms with Crippen LogP contribution in [0.1, 0.15) is 27.0 Å². The summed E-state index contributed by atoms with van der Waals surface area (Å²) in [5.41, 5.74) is 2.88. The lowest BCUT2D eigenvalue weighted by Gasteiger charge is -2.28. The van der Waals surface area contributed by atoms with Crippen LogP contribution >= 0.6 is 0 Å². The summed E-state index contributed by atoms with van der Waals surface area (Å²) >= 11 is 0. The average molecular weight is 343 g/mol. The fourth-order valence-corrected chi connectivity index (χ4v) is 2.90. The monoisotopic (exact) mass is 343 g/mol. The van der Waals surface area contributed by atoms with Crippen LogP contribution in [-0.2, 0) is 24.2 Å². The van der Waals surface area contributed by atoms with E-state index in [0.717, 1.165) is 11.1 Å². The second-order valence-corrected chi connectivity index (χ2v) is 5.78. The fraction of sp³-hybridized carbons (Fsp3) is 0.278. The number of amides is 2. The van der Waals surface area contributed by atoms with Crippen molar-refractivity contribution in [2.75, 3.05) is 13.7 Å². The molecule has 1 aliphatic rings. The highest BCUT2D eigenvalue weighted by molar-refractivity contribution is 5.95. The molecule has 25 heavy (non-hydrogen) atoms. The molecule has 1 aromatic carbocycles. The fourth-order valence-electron chi connectivity index (χ4n) is 2.90. The highest BCUT2D eigenvalue weighted by atomic mass is 19.1. The Balaban J connectivity index is 1.73. The van der Waals surface area contributed by atoms with Crippen LogP contribution in [0.2, 0.25) is 0 Å².